The molecule has 1 atom stereocenters. The lowest BCUT2D eigenvalue weighted by molar-refractivity contribution is -0.142. The first-order chi connectivity index (χ1) is 14.1. The molecule has 1 amide bonds. The number of rotatable bonds is 6. The summed E-state index contributed by atoms with van der Waals surface area (Å²) in [7, 11) is 0. The molecule has 0 bridgehead atoms. The lowest BCUT2D eigenvalue weighted by Gasteiger charge is -2.15. The number of hydrogen-bond donors (Lipinski definition) is 2. The lowest BCUT2D eigenvalue weighted by Crippen LogP contribution is -2.35. The van der Waals surface area contributed by atoms with Crippen LogP contribution in [0, 0.1) is 5.82 Å². The highest BCUT2D eigenvalue weighted by Gasteiger charge is 2.30. The zero-order chi connectivity index (χ0) is 21.9. The Balaban J connectivity index is 1.70. The van der Waals surface area contributed by atoms with Gasteiger partial charge in [-0.15, -0.1) is 11.3 Å². The van der Waals surface area contributed by atoms with Crippen molar-refractivity contribution in [1.82, 2.24) is 10.3 Å². The summed E-state index contributed by atoms with van der Waals surface area (Å²) < 4.78 is 51.8. The maximum atomic E-state index is 13.9. The molecule has 0 aliphatic carbocycles. The second-order valence-electron chi connectivity index (χ2n) is 6.26. The minimum atomic E-state index is -4.44. The molecule has 10 heteroatoms. The van der Waals surface area contributed by atoms with Crippen molar-refractivity contribution in [1.29, 1.82) is 0 Å². The minimum absolute atomic E-state index is 0.179. The van der Waals surface area contributed by atoms with Crippen molar-refractivity contribution < 1.29 is 32.3 Å². The van der Waals surface area contributed by atoms with Gasteiger partial charge in [0.05, 0.1) is 17.7 Å². The van der Waals surface area contributed by atoms with Crippen molar-refractivity contribution in [3.05, 3.63) is 76.5 Å². The number of alkyl halides is 3. The summed E-state index contributed by atoms with van der Waals surface area (Å²) >= 11 is 1.13. The fraction of sp³-hybridized carbons (Fsp3) is 0.150. The molecule has 0 spiro atoms. The fourth-order valence-electron chi connectivity index (χ4n) is 2.68. The van der Waals surface area contributed by atoms with Crippen LogP contribution in [-0.4, -0.2) is 22.0 Å². The summed E-state index contributed by atoms with van der Waals surface area (Å²) in [5, 5.41) is 13.5. The van der Waals surface area contributed by atoms with Crippen LogP contribution in [-0.2, 0) is 22.2 Å². The smallest absolute Gasteiger partial charge is 0.416 e. The molecule has 0 aliphatic heterocycles. The van der Waals surface area contributed by atoms with Crippen LogP contribution in [0.5, 0.6) is 0 Å². The molecule has 2 N–H and O–H groups in total. The molecule has 156 valence electrons. The van der Waals surface area contributed by atoms with E-state index in [0.717, 1.165) is 29.5 Å². The third-order valence-electron chi connectivity index (χ3n) is 4.12. The average molecular weight is 438 g/mol. The highest BCUT2D eigenvalue weighted by molar-refractivity contribution is 7.13. The van der Waals surface area contributed by atoms with Gasteiger partial charge < -0.3 is 10.4 Å². The third kappa shape index (κ3) is 5.01. The molecule has 1 heterocycles. The van der Waals surface area contributed by atoms with Crippen LogP contribution in [0.3, 0.4) is 0 Å². The van der Waals surface area contributed by atoms with Gasteiger partial charge in [0.25, 0.3) is 0 Å². The van der Waals surface area contributed by atoms with Gasteiger partial charge in [0.2, 0.25) is 5.91 Å². The maximum Gasteiger partial charge on any atom is 0.416 e. The first kappa shape index (κ1) is 21.4. The number of benzene rings is 2. The molecule has 3 aromatic rings. The third-order valence-corrected chi connectivity index (χ3v) is 5.06. The molecule has 0 radical (unpaired) electrons. The summed E-state index contributed by atoms with van der Waals surface area (Å²) in [4.78, 5) is 27.9. The SMILES string of the molecule is O=C(Cc1csc(-c2ccc(C(F)(F)F)cc2)n1)NC(C(=O)O)c1ccccc1F. The van der Waals surface area contributed by atoms with E-state index in [1.165, 1.54) is 30.3 Å². The summed E-state index contributed by atoms with van der Waals surface area (Å²) in [5.74, 6) is -2.87. The second kappa shape index (κ2) is 8.62. The van der Waals surface area contributed by atoms with Gasteiger partial charge in [0.1, 0.15) is 10.8 Å². The number of carbonyl (C=O) groups excluding carboxylic acids is 1. The number of carbonyl (C=O) groups is 2. The first-order valence-corrected chi connectivity index (χ1v) is 9.42. The average Bonchev–Trinajstić information content (AvgIpc) is 3.14. The zero-order valence-electron chi connectivity index (χ0n) is 15.1. The standard InChI is InChI=1S/C20H14F4N2O3S/c21-15-4-2-1-3-14(15)17(19(28)29)26-16(27)9-13-10-30-18(25-13)11-5-7-12(8-6-11)20(22,23)24/h1-8,10,17H,9H2,(H,26,27)(H,28,29). The van der Waals surface area contributed by atoms with E-state index in [2.05, 4.69) is 10.3 Å². The Labute approximate surface area is 172 Å². The Bertz CT molecular complexity index is 1060. The molecule has 0 saturated carbocycles. The second-order valence-corrected chi connectivity index (χ2v) is 7.11. The molecular formula is C20H14F4N2O3S. The number of aliphatic carboxylic acids is 1. The van der Waals surface area contributed by atoms with Crippen molar-refractivity contribution in [2.24, 2.45) is 0 Å². The van der Waals surface area contributed by atoms with Crippen molar-refractivity contribution in [3.63, 3.8) is 0 Å². The lowest BCUT2D eigenvalue weighted by atomic mass is 10.1. The number of carboxylic acids is 1. The molecule has 3 rings (SSSR count). The Hall–Kier alpha value is -3.27. The number of halogens is 4. The van der Waals surface area contributed by atoms with Gasteiger partial charge in [-0.2, -0.15) is 13.2 Å². The largest absolute Gasteiger partial charge is 0.479 e. The van der Waals surface area contributed by atoms with E-state index in [-0.39, 0.29) is 12.0 Å². The molecule has 1 unspecified atom stereocenters. The van der Waals surface area contributed by atoms with Crippen molar-refractivity contribution in [2.75, 3.05) is 0 Å². The highest BCUT2D eigenvalue weighted by Crippen LogP contribution is 2.31. The zero-order valence-corrected chi connectivity index (χ0v) is 15.9. The fourth-order valence-corrected chi connectivity index (χ4v) is 3.51. The highest BCUT2D eigenvalue weighted by atomic mass is 32.1. The molecule has 0 aliphatic rings. The van der Waals surface area contributed by atoms with Crippen LogP contribution < -0.4 is 5.32 Å². The molecule has 5 nitrogen and oxygen atoms in total. The molecule has 2 aromatic carbocycles. The van der Waals surface area contributed by atoms with E-state index in [1.807, 2.05) is 0 Å². The van der Waals surface area contributed by atoms with Crippen LogP contribution in [0.1, 0.15) is 22.9 Å². The van der Waals surface area contributed by atoms with Crippen LogP contribution in [0.25, 0.3) is 10.6 Å². The summed E-state index contributed by atoms with van der Waals surface area (Å²) in [5.41, 5.74) is -0.197. The number of carboxylic acid groups (broad SMARTS) is 1. The van der Waals surface area contributed by atoms with E-state index >= 15 is 0 Å². The quantitative estimate of drug-likeness (QED) is 0.558. The van der Waals surface area contributed by atoms with Gasteiger partial charge in [-0.05, 0) is 18.2 Å². The summed E-state index contributed by atoms with van der Waals surface area (Å²) in [6, 6.07) is 8.09. The van der Waals surface area contributed by atoms with Gasteiger partial charge in [-0.25, -0.2) is 14.2 Å². The molecule has 0 saturated heterocycles. The van der Waals surface area contributed by atoms with E-state index < -0.39 is 35.5 Å². The molecular weight excluding hydrogens is 424 g/mol. The molecule has 30 heavy (non-hydrogen) atoms. The monoisotopic (exact) mass is 438 g/mol. The van der Waals surface area contributed by atoms with Crippen LogP contribution in [0.2, 0.25) is 0 Å². The van der Waals surface area contributed by atoms with Crippen molar-refractivity contribution in [2.45, 2.75) is 18.6 Å². The van der Waals surface area contributed by atoms with Crippen LogP contribution in [0.15, 0.2) is 53.9 Å². The van der Waals surface area contributed by atoms with Crippen molar-refractivity contribution in [3.8, 4) is 10.6 Å². The summed E-state index contributed by atoms with van der Waals surface area (Å²) in [6.07, 6.45) is -4.71. The predicted molar refractivity (Wildman–Crippen MR) is 101 cm³/mol. The predicted octanol–water partition coefficient (Wildman–Crippen LogP) is 4.45. The van der Waals surface area contributed by atoms with Gasteiger partial charge >= 0.3 is 12.1 Å². The topological polar surface area (TPSA) is 79.3 Å². The van der Waals surface area contributed by atoms with E-state index in [0.29, 0.717) is 16.3 Å². The number of nitrogens with one attached hydrogen (secondary N) is 1. The van der Waals surface area contributed by atoms with E-state index in [4.69, 9.17) is 0 Å². The number of amides is 1. The molecule has 1 aromatic heterocycles. The van der Waals surface area contributed by atoms with Gasteiger partial charge in [-0.1, -0.05) is 30.3 Å². The van der Waals surface area contributed by atoms with Gasteiger partial charge in [0.15, 0.2) is 6.04 Å². The Morgan fingerprint density at radius 1 is 1.10 bits per heavy atom. The first-order valence-electron chi connectivity index (χ1n) is 8.54. The number of hydrogen-bond acceptors (Lipinski definition) is 4. The van der Waals surface area contributed by atoms with Crippen LogP contribution in [0.4, 0.5) is 17.6 Å². The van der Waals surface area contributed by atoms with E-state index in [9.17, 15) is 32.3 Å². The number of aromatic nitrogens is 1. The molecule has 0 fully saturated rings. The van der Waals surface area contributed by atoms with Crippen LogP contribution >= 0.6 is 11.3 Å². The van der Waals surface area contributed by atoms with Gasteiger partial charge in [0, 0.05) is 16.5 Å². The van der Waals surface area contributed by atoms with E-state index in [1.54, 1.807) is 5.38 Å². The Morgan fingerprint density at radius 2 is 1.77 bits per heavy atom. The number of thiazole rings is 1. The van der Waals surface area contributed by atoms with Gasteiger partial charge in [-0.3, -0.25) is 4.79 Å². The maximum absolute atomic E-state index is 13.9. The number of nitrogens with zero attached hydrogens (tertiary/aromatic N) is 1. The Kier molecular flexibility index (Phi) is 6.16. The van der Waals surface area contributed by atoms with Crippen molar-refractivity contribution >= 4 is 23.2 Å². The normalized spacial score (nSPS) is 12.4. The Morgan fingerprint density at radius 3 is 2.37 bits per heavy atom. The summed E-state index contributed by atoms with van der Waals surface area (Å²) in [6.45, 7) is 0. The minimum Gasteiger partial charge on any atom is -0.479 e.